The van der Waals surface area contributed by atoms with Gasteiger partial charge in [0.1, 0.15) is 6.29 Å². The molecule has 0 amide bonds. The number of pyridine rings is 1. The fraction of sp³-hybridized carbons (Fsp3) is 0.385. The van der Waals surface area contributed by atoms with Crippen LogP contribution in [0, 0.1) is 11.3 Å². The zero-order valence-corrected chi connectivity index (χ0v) is 17.2. The second-order valence-electron chi connectivity index (χ2n) is 9.06. The van der Waals surface area contributed by atoms with Gasteiger partial charge in [-0.1, -0.05) is 62.8 Å². The Kier molecular flexibility index (Phi) is 5.05. The molecule has 2 heteroatoms. The summed E-state index contributed by atoms with van der Waals surface area (Å²) >= 11 is 0. The molecular formula is C26H29NO. The fourth-order valence-corrected chi connectivity index (χ4v) is 4.46. The van der Waals surface area contributed by atoms with E-state index in [2.05, 4.69) is 68.3 Å². The molecular weight excluding hydrogens is 342 g/mol. The first-order valence-corrected chi connectivity index (χ1v) is 10.4. The third-order valence-corrected chi connectivity index (χ3v) is 6.15. The van der Waals surface area contributed by atoms with E-state index in [-0.39, 0.29) is 11.3 Å². The van der Waals surface area contributed by atoms with E-state index in [1.807, 2.05) is 6.20 Å². The number of fused-ring (bicyclic) bond motifs is 1. The van der Waals surface area contributed by atoms with Gasteiger partial charge in [-0.3, -0.25) is 9.78 Å². The maximum absolute atomic E-state index is 11.7. The van der Waals surface area contributed by atoms with Crippen LogP contribution in [-0.4, -0.2) is 11.3 Å². The van der Waals surface area contributed by atoms with Crippen LogP contribution in [0.1, 0.15) is 63.3 Å². The van der Waals surface area contributed by atoms with Crippen LogP contribution in [0.4, 0.5) is 0 Å². The number of hydrogen-bond acceptors (Lipinski definition) is 2. The van der Waals surface area contributed by atoms with Gasteiger partial charge in [-0.05, 0) is 65.9 Å². The standard InChI is InChI=1S/C26H29NO/c1-26(2,3)22-11-9-21(17-28)24(16-22)19-10-12-23-20(15-19)13-14-27-25(23)18-7-5-4-6-8-18/h5,7-8,10,12-14,16-17,19H,4,6,9,11,15H2,1-3H3. The van der Waals surface area contributed by atoms with E-state index in [0.717, 1.165) is 49.7 Å². The highest BCUT2D eigenvalue weighted by Crippen LogP contribution is 2.40. The summed E-state index contributed by atoms with van der Waals surface area (Å²) in [6.07, 6.45) is 21.5. The Labute approximate surface area is 168 Å². The van der Waals surface area contributed by atoms with Crippen molar-refractivity contribution in [3.8, 4) is 0 Å². The van der Waals surface area contributed by atoms with E-state index >= 15 is 0 Å². The van der Waals surface area contributed by atoms with Crippen molar-refractivity contribution in [1.82, 2.24) is 4.98 Å². The van der Waals surface area contributed by atoms with Gasteiger partial charge in [0.2, 0.25) is 0 Å². The molecule has 3 aliphatic rings. The lowest BCUT2D eigenvalue weighted by atomic mass is 9.74. The highest BCUT2D eigenvalue weighted by Gasteiger charge is 2.27. The van der Waals surface area contributed by atoms with Gasteiger partial charge in [-0.15, -0.1) is 0 Å². The summed E-state index contributed by atoms with van der Waals surface area (Å²) in [7, 11) is 0. The lowest BCUT2D eigenvalue weighted by molar-refractivity contribution is -0.105. The first kappa shape index (κ1) is 18.9. The number of carbonyl (C=O) groups excluding carboxylic acids is 1. The van der Waals surface area contributed by atoms with Crippen LogP contribution in [0.3, 0.4) is 0 Å². The SMILES string of the molecule is CC(C)(C)C1=CC(C2C=Cc3c(ccnc3C3=CCCC=C3)C2)=C(C=O)CC1. The number of hydrogen-bond donors (Lipinski definition) is 0. The molecule has 0 saturated heterocycles. The number of carbonyl (C=O) groups is 1. The van der Waals surface area contributed by atoms with E-state index in [1.165, 1.54) is 27.8 Å². The molecule has 0 aromatic carbocycles. The molecule has 1 atom stereocenters. The molecule has 4 rings (SSSR count). The average Bonchev–Trinajstić information content (AvgIpc) is 2.72. The number of rotatable bonds is 3. The third kappa shape index (κ3) is 3.61. The summed E-state index contributed by atoms with van der Waals surface area (Å²) in [6.45, 7) is 6.78. The number of allylic oxidation sites excluding steroid dienone is 9. The molecule has 3 aliphatic carbocycles. The summed E-state index contributed by atoms with van der Waals surface area (Å²) in [5, 5.41) is 0. The van der Waals surface area contributed by atoms with Gasteiger partial charge in [0, 0.05) is 17.7 Å². The van der Waals surface area contributed by atoms with Crippen LogP contribution < -0.4 is 0 Å². The summed E-state index contributed by atoms with van der Waals surface area (Å²) in [5.41, 5.74) is 8.65. The topological polar surface area (TPSA) is 30.0 Å². The molecule has 1 aromatic heterocycles. The van der Waals surface area contributed by atoms with Crippen molar-refractivity contribution < 1.29 is 4.79 Å². The molecule has 0 aliphatic heterocycles. The van der Waals surface area contributed by atoms with Gasteiger partial charge >= 0.3 is 0 Å². The van der Waals surface area contributed by atoms with Crippen LogP contribution in [-0.2, 0) is 11.2 Å². The summed E-state index contributed by atoms with van der Waals surface area (Å²) in [4.78, 5) is 16.4. The number of aromatic nitrogens is 1. The summed E-state index contributed by atoms with van der Waals surface area (Å²) in [5.74, 6) is 0.261. The van der Waals surface area contributed by atoms with Crippen molar-refractivity contribution in [2.24, 2.45) is 11.3 Å². The first-order valence-electron chi connectivity index (χ1n) is 10.4. The molecule has 0 saturated carbocycles. The van der Waals surface area contributed by atoms with E-state index < -0.39 is 0 Å². The molecule has 0 spiro atoms. The second-order valence-corrected chi connectivity index (χ2v) is 9.06. The summed E-state index contributed by atoms with van der Waals surface area (Å²) < 4.78 is 0. The van der Waals surface area contributed by atoms with Crippen molar-refractivity contribution >= 4 is 17.9 Å². The Morgan fingerprint density at radius 2 is 2.00 bits per heavy atom. The normalized spacial score (nSPS) is 21.9. The lowest BCUT2D eigenvalue weighted by Gasteiger charge is -2.31. The molecule has 0 N–H and O–H groups in total. The van der Waals surface area contributed by atoms with E-state index in [1.54, 1.807) is 0 Å². The van der Waals surface area contributed by atoms with Crippen molar-refractivity contribution in [3.63, 3.8) is 0 Å². The third-order valence-electron chi connectivity index (χ3n) is 6.15. The Hall–Kier alpha value is -2.48. The van der Waals surface area contributed by atoms with Crippen molar-refractivity contribution in [2.75, 3.05) is 0 Å². The predicted octanol–water partition coefficient (Wildman–Crippen LogP) is 6.26. The van der Waals surface area contributed by atoms with Crippen LogP contribution in [0.5, 0.6) is 0 Å². The van der Waals surface area contributed by atoms with Crippen molar-refractivity contribution in [3.05, 3.63) is 76.2 Å². The summed E-state index contributed by atoms with van der Waals surface area (Å²) in [6, 6.07) is 2.14. The van der Waals surface area contributed by atoms with Gasteiger partial charge in [0.15, 0.2) is 0 Å². The van der Waals surface area contributed by atoms with Gasteiger partial charge in [0.25, 0.3) is 0 Å². The minimum atomic E-state index is 0.146. The van der Waals surface area contributed by atoms with E-state index in [0.29, 0.717) is 0 Å². The largest absolute Gasteiger partial charge is 0.298 e. The molecule has 0 bridgehead atoms. The Morgan fingerprint density at radius 3 is 2.71 bits per heavy atom. The predicted molar refractivity (Wildman–Crippen MR) is 117 cm³/mol. The van der Waals surface area contributed by atoms with Crippen LogP contribution >= 0.6 is 0 Å². The smallest absolute Gasteiger partial charge is 0.146 e. The molecule has 144 valence electrons. The quantitative estimate of drug-likeness (QED) is 0.587. The lowest BCUT2D eigenvalue weighted by Crippen LogP contribution is -2.18. The monoisotopic (exact) mass is 371 g/mol. The average molecular weight is 372 g/mol. The number of nitrogens with zero attached hydrogens (tertiary/aromatic N) is 1. The Balaban J connectivity index is 1.70. The minimum Gasteiger partial charge on any atom is -0.298 e. The van der Waals surface area contributed by atoms with E-state index in [9.17, 15) is 4.79 Å². The van der Waals surface area contributed by atoms with Crippen molar-refractivity contribution in [2.45, 2.75) is 52.9 Å². The maximum Gasteiger partial charge on any atom is 0.146 e. The van der Waals surface area contributed by atoms with Gasteiger partial charge in [0.05, 0.1) is 5.69 Å². The maximum atomic E-state index is 11.7. The second kappa shape index (κ2) is 7.50. The van der Waals surface area contributed by atoms with Crippen LogP contribution in [0.2, 0.25) is 0 Å². The molecule has 2 nitrogen and oxygen atoms in total. The van der Waals surface area contributed by atoms with Gasteiger partial charge < -0.3 is 0 Å². The Morgan fingerprint density at radius 1 is 1.14 bits per heavy atom. The van der Waals surface area contributed by atoms with Crippen LogP contribution in [0.15, 0.2) is 59.4 Å². The first-order chi connectivity index (χ1) is 13.5. The molecule has 0 radical (unpaired) electrons. The zero-order valence-electron chi connectivity index (χ0n) is 17.2. The minimum absolute atomic E-state index is 0.146. The highest BCUT2D eigenvalue weighted by molar-refractivity contribution is 5.81. The molecule has 1 aromatic rings. The molecule has 0 fully saturated rings. The molecule has 28 heavy (non-hydrogen) atoms. The zero-order chi connectivity index (χ0) is 19.7. The highest BCUT2D eigenvalue weighted by atomic mass is 16.1. The fourth-order valence-electron chi connectivity index (χ4n) is 4.46. The van der Waals surface area contributed by atoms with Crippen molar-refractivity contribution in [1.29, 1.82) is 0 Å². The van der Waals surface area contributed by atoms with Gasteiger partial charge in [-0.2, -0.15) is 0 Å². The van der Waals surface area contributed by atoms with E-state index in [4.69, 9.17) is 0 Å². The number of aldehydes is 1. The van der Waals surface area contributed by atoms with Gasteiger partial charge in [-0.25, -0.2) is 0 Å². The molecule has 1 unspecified atom stereocenters. The molecule has 1 heterocycles. The van der Waals surface area contributed by atoms with Crippen LogP contribution in [0.25, 0.3) is 11.6 Å². The Bertz CT molecular complexity index is 947.